The molecule has 3 rings (SSSR count). The number of halogens is 3. The molecule has 1 amide bonds. The third-order valence-electron chi connectivity index (χ3n) is 4.02. The molecule has 0 aliphatic heterocycles. The van der Waals surface area contributed by atoms with Gasteiger partial charge in [-0.15, -0.1) is 0 Å². The molecule has 1 aliphatic carbocycles. The van der Waals surface area contributed by atoms with Crippen LogP contribution in [0.5, 0.6) is 0 Å². The van der Waals surface area contributed by atoms with Crippen molar-refractivity contribution in [1.82, 2.24) is 15.3 Å². The van der Waals surface area contributed by atoms with Crippen molar-refractivity contribution < 1.29 is 22.7 Å². The lowest BCUT2D eigenvalue weighted by atomic mass is 10.0. The zero-order valence-corrected chi connectivity index (χ0v) is 13.6. The second kappa shape index (κ2) is 6.87. The largest absolute Gasteiger partial charge is 0.433 e. The minimum absolute atomic E-state index is 0.189. The number of carbonyl (C=O) groups is 1. The maximum Gasteiger partial charge on any atom is 0.433 e. The van der Waals surface area contributed by atoms with Gasteiger partial charge in [0.05, 0.1) is 6.61 Å². The molecular weight excluding hydrogens is 335 g/mol. The predicted molar refractivity (Wildman–Crippen MR) is 84.0 cm³/mol. The van der Waals surface area contributed by atoms with Gasteiger partial charge < -0.3 is 15.0 Å². The van der Waals surface area contributed by atoms with Crippen LogP contribution in [0.2, 0.25) is 0 Å². The number of nitrogens with zero attached hydrogens (tertiary/aromatic N) is 1. The van der Waals surface area contributed by atoms with Crippen molar-refractivity contribution in [2.24, 2.45) is 0 Å². The second-order valence-corrected chi connectivity index (χ2v) is 6.07. The Morgan fingerprint density at radius 2 is 2.16 bits per heavy atom. The summed E-state index contributed by atoms with van der Waals surface area (Å²) >= 11 is 0. The maximum atomic E-state index is 12.6. The quantitative estimate of drug-likeness (QED) is 0.839. The molecule has 5 nitrogen and oxygen atoms in total. The van der Waals surface area contributed by atoms with E-state index in [1.54, 1.807) is 6.20 Å². The first kappa shape index (κ1) is 17.5. The van der Waals surface area contributed by atoms with E-state index in [2.05, 4.69) is 15.3 Å². The molecular formula is C17H18F3N3O2. The highest BCUT2D eigenvalue weighted by Crippen LogP contribution is 2.28. The van der Waals surface area contributed by atoms with Crippen molar-refractivity contribution >= 4 is 5.91 Å². The fraction of sp³-hybridized carbons (Fsp3) is 0.412. The van der Waals surface area contributed by atoms with Crippen molar-refractivity contribution in [2.75, 3.05) is 7.11 Å². The van der Waals surface area contributed by atoms with Crippen LogP contribution in [-0.4, -0.2) is 29.0 Å². The van der Waals surface area contributed by atoms with Crippen LogP contribution < -0.4 is 5.32 Å². The van der Waals surface area contributed by atoms with Crippen molar-refractivity contribution in [3.63, 3.8) is 0 Å². The molecule has 25 heavy (non-hydrogen) atoms. The van der Waals surface area contributed by atoms with E-state index in [-0.39, 0.29) is 18.6 Å². The Bertz CT molecular complexity index is 749. The highest BCUT2D eigenvalue weighted by Gasteiger charge is 2.32. The van der Waals surface area contributed by atoms with Crippen molar-refractivity contribution in [3.05, 3.63) is 52.6 Å². The highest BCUT2D eigenvalue weighted by atomic mass is 19.4. The summed E-state index contributed by atoms with van der Waals surface area (Å²) in [5.74, 6) is -0.189. The first-order chi connectivity index (χ1) is 11.9. The van der Waals surface area contributed by atoms with Crippen LogP contribution in [0.3, 0.4) is 0 Å². The summed E-state index contributed by atoms with van der Waals surface area (Å²) in [4.78, 5) is 18.7. The Hall–Kier alpha value is -2.35. The molecule has 1 aliphatic rings. The molecule has 0 saturated heterocycles. The molecule has 2 aromatic heterocycles. The first-order valence-electron chi connectivity index (χ1n) is 7.89. The van der Waals surface area contributed by atoms with Crippen molar-refractivity contribution in [3.8, 4) is 0 Å². The fourth-order valence-corrected chi connectivity index (χ4v) is 2.57. The summed E-state index contributed by atoms with van der Waals surface area (Å²) in [6.07, 6.45) is 0.759. The molecule has 2 heterocycles. The number of hydrogen-bond acceptors (Lipinski definition) is 3. The number of H-pyrrole nitrogens is 1. The van der Waals surface area contributed by atoms with Crippen LogP contribution in [-0.2, 0) is 23.9 Å². The summed E-state index contributed by atoms with van der Waals surface area (Å²) in [5.41, 5.74) is 1.64. The van der Waals surface area contributed by atoms with Crippen LogP contribution in [0.25, 0.3) is 0 Å². The minimum Gasteiger partial charge on any atom is -0.380 e. The molecule has 0 unspecified atom stereocenters. The third kappa shape index (κ3) is 4.19. The molecule has 1 fully saturated rings. The average Bonchev–Trinajstić information content (AvgIpc) is 3.28. The Morgan fingerprint density at radius 3 is 2.72 bits per heavy atom. The molecule has 2 N–H and O–H groups in total. The monoisotopic (exact) mass is 353 g/mol. The first-order valence-corrected chi connectivity index (χ1v) is 7.89. The molecule has 0 atom stereocenters. The lowest BCUT2D eigenvalue weighted by Gasteiger charge is -2.09. The van der Waals surface area contributed by atoms with Gasteiger partial charge in [-0.25, -0.2) is 0 Å². The number of nitrogens with one attached hydrogen (secondary N) is 2. The molecule has 8 heteroatoms. The standard InChI is InChI=1S/C17H18F3N3O2/c1-25-9-13-11(8-22-15(13)16(24)23-12-3-4-12)6-10-2-5-14(21-7-10)17(18,19)20/h2,5,7-8,12,22H,3-4,6,9H2,1H3,(H,23,24). The molecule has 134 valence electrons. The zero-order valence-electron chi connectivity index (χ0n) is 13.6. The van der Waals surface area contributed by atoms with Gasteiger partial charge in [-0.3, -0.25) is 9.78 Å². The Morgan fingerprint density at radius 1 is 1.40 bits per heavy atom. The number of alkyl halides is 3. The SMILES string of the molecule is COCc1c(Cc2ccc(C(F)(F)F)nc2)c[nH]c1C(=O)NC1CC1. The molecule has 2 aromatic rings. The van der Waals surface area contributed by atoms with E-state index in [9.17, 15) is 18.0 Å². The Labute approximate surface area is 142 Å². The molecule has 0 aromatic carbocycles. The summed E-state index contributed by atoms with van der Waals surface area (Å²) in [6.45, 7) is 0.236. The molecule has 0 radical (unpaired) electrons. The van der Waals surface area contributed by atoms with Gasteiger partial charge in [0.25, 0.3) is 5.91 Å². The van der Waals surface area contributed by atoms with Gasteiger partial charge in [-0.2, -0.15) is 13.2 Å². The number of amides is 1. The van der Waals surface area contributed by atoms with E-state index < -0.39 is 11.9 Å². The predicted octanol–water partition coefficient (Wildman–Crippen LogP) is 3.06. The molecule has 1 saturated carbocycles. The summed E-state index contributed by atoms with van der Waals surface area (Å²) in [6, 6.07) is 2.58. The maximum absolute atomic E-state index is 12.6. The van der Waals surface area contributed by atoms with E-state index in [0.29, 0.717) is 23.2 Å². The fourth-order valence-electron chi connectivity index (χ4n) is 2.57. The second-order valence-electron chi connectivity index (χ2n) is 6.07. The summed E-state index contributed by atoms with van der Waals surface area (Å²) in [7, 11) is 1.53. The lowest BCUT2D eigenvalue weighted by molar-refractivity contribution is -0.141. The summed E-state index contributed by atoms with van der Waals surface area (Å²) < 4.78 is 42.9. The van der Waals surface area contributed by atoms with E-state index in [1.807, 2.05) is 0 Å². The van der Waals surface area contributed by atoms with Crippen LogP contribution >= 0.6 is 0 Å². The van der Waals surface area contributed by atoms with Crippen LogP contribution in [0.15, 0.2) is 24.5 Å². The van der Waals surface area contributed by atoms with E-state index in [4.69, 9.17) is 4.74 Å². The van der Waals surface area contributed by atoms with E-state index in [1.165, 1.54) is 19.4 Å². The summed E-state index contributed by atoms with van der Waals surface area (Å²) in [5, 5.41) is 2.91. The van der Waals surface area contributed by atoms with Crippen LogP contribution in [0.1, 0.15) is 45.7 Å². The number of ether oxygens (including phenoxy) is 1. The lowest BCUT2D eigenvalue weighted by Crippen LogP contribution is -2.26. The van der Waals surface area contributed by atoms with Gasteiger partial charge in [0.2, 0.25) is 0 Å². The Kier molecular flexibility index (Phi) is 4.80. The third-order valence-corrected chi connectivity index (χ3v) is 4.02. The number of carbonyl (C=O) groups excluding carboxylic acids is 1. The van der Waals surface area contributed by atoms with Gasteiger partial charge >= 0.3 is 6.18 Å². The van der Waals surface area contributed by atoms with Gasteiger partial charge in [-0.1, -0.05) is 6.07 Å². The van der Waals surface area contributed by atoms with Gasteiger partial charge in [0, 0.05) is 37.5 Å². The minimum atomic E-state index is -4.46. The highest BCUT2D eigenvalue weighted by molar-refractivity contribution is 5.94. The van der Waals surface area contributed by atoms with E-state index in [0.717, 1.165) is 24.5 Å². The Balaban J connectivity index is 1.79. The van der Waals surface area contributed by atoms with Gasteiger partial charge in [0.15, 0.2) is 0 Å². The number of aromatic nitrogens is 2. The number of rotatable bonds is 6. The zero-order chi connectivity index (χ0) is 18.0. The average molecular weight is 353 g/mol. The topological polar surface area (TPSA) is 67.0 Å². The number of pyridine rings is 1. The normalized spacial score (nSPS) is 14.6. The van der Waals surface area contributed by atoms with Gasteiger partial charge in [-0.05, 0) is 30.0 Å². The van der Waals surface area contributed by atoms with E-state index >= 15 is 0 Å². The van der Waals surface area contributed by atoms with Crippen molar-refractivity contribution in [2.45, 2.75) is 38.1 Å². The molecule has 0 spiro atoms. The van der Waals surface area contributed by atoms with Crippen LogP contribution in [0, 0.1) is 0 Å². The number of aromatic amines is 1. The smallest absolute Gasteiger partial charge is 0.380 e. The van der Waals surface area contributed by atoms with Gasteiger partial charge in [0.1, 0.15) is 11.4 Å². The van der Waals surface area contributed by atoms with Crippen molar-refractivity contribution in [1.29, 1.82) is 0 Å². The number of methoxy groups -OCH3 is 1. The molecule has 0 bridgehead atoms. The van der Waals surface area contributed by atoms with Crippen LogP contribution in [0.4, 0.5) is 13.2 Å². The number of hydrogen-bond donors (Lipinski definition) is 2.